The SMILES string of the molecule is Fc1cc2c(cc1F)C1(Cl)c3ccccc3CC1(Cl)C2.O=C1c2c(OCc3ccccc3)c(=O)ccn2N(C23C(=Cc4cc(F)c(F)cc42)Cc2ccccc23)CN1CC1CCOCC1.O=C1c2c(OCc3ccccc3)c(=O)ccn2N(C23C(=Cc4ccccc42)Cc2cc(F)c(F)cc23)CN1CC1CCOCC1.O=C1c2c(OCc3ccccc3)c(=O)ccn2NCN1CC1CCOCC1. The first-order valence-electron chi connectivity index (χ1n) is 46.3. The van der Waals surface area contributed by atoms with E-state index in [2.05, 4.69) is 11.5 Å². The first kappa shape index (κ1) is 90.1. The van der Waals surface area contributed by atoms with Crippen molar-refractivity contribution in [3.8, 4) is 17.2 Å². The topological polar surface area (TPSA) is 201 Å². The zero-order chi connectivity index (χ0) is 94.2. The molecule has 700 valence electrons. The average molecular weight is 1900 g/mol. The summed E-state index contributed by atoms with van der Waals surface area (Å²) >= 11 is 13.6. The summed E-state index contributed by atoms with van der Waals surface area (Å²) in [6.45, 7) is 6.72. The summed E-state index contributed by atoms with van der Waals surface area (Å²) in [4.78, 5) is 84.8. The summed E-state index contributed by atoms with van der Waals surface area (Å²) in [5.74, 6) is -5.34. The third-order valence-electron chi connectivity index (χ3n) is 28.7. The molecule has 3 amide bonds. The fourth-order valence-electron chi connectivity index (χ4n) is 22.1. The first-order chi connectivity index (χ1) is 66.6. The van der Waals surface area contributed by atoms with E-state index < -0.39 is 66.6 Å². The summed E-state index contributed by atoms with van der Waals surface area (Å²) in [6.07, 6.45) is 16.0. The van der Waals surface area contributed by atoms with Gasteiger partial charge in [0.2, 0.25) is 16.3 Å². The predicted molar refractivity (Wildman–Crippen MR) is 505 cm³/mol. The van der Waals surface area contributed by atoms with Crippen molar-refractivity contribution in [3.63, 3.8) is 0 Å². The van der Waals surface area contributed by atoms with E-state index in [1.54, 1.807) is 47.3 Å². The number of amides is 3. The molecule has 6 aliphatic heterocycles. The molecule has 9 heterocycles. The highest BCUT2D eigenvalue weighted by Gasteiger charge is 2.63. The lowest BCUT2D eigenvalue weighted by atomic mass is 9.83. The number of carbonyl (C=O) groups is 3. The molecule has 0 bridgehead atoms. The zero-order valence-corrected chi connectivity index (χ0v) is 76.1. The molecule has 0 spiro atoms. The van der Waals surface area contributed by atoms with E-state index in [9.17, 15) is 46.3 Å². The second-order valence-electron chi connectivity index (χ2n) is 36.8. The molecular formula is C108H95Cl2F6N9O12. The third kappa shape index (κ3) is 16.0. The molecule has 9 aromatic carbocycles. The zero-order valence-electron chi connectivity index (χ0n) is 74.6. The largest absolute Gasteiger partial charge is 0.482 e. The monoisotopic (exact) mass is 1890 g/mol. The molecule has 4 atom stereocenters. The lowest BCUT2D eigenvalue weighted by molar-refractivity contribution is 0.0397. The number of carbonyl (C=O) groups excluding carboxylic acids is 3. The van der Waals surface area contributed by atoms with E-state index in [-0.39, 0.29) is 102 Å². The van der Waals surface area contributed by atoms with E-state index in [4.69, 9.17) is 51.6 Å². The lowest BCUT2D eigenvalue weighted by Gasteiger charge is -2.50. The number of hydrogen-bond donors (Lipinski definition) is 1. The Hall–Kier alpha value is -13.4. The molecule has 4 unspecified atom stereocenters. The van der Waals surface area contributed by atoms with Crippen molar-refractivity contribution < 1.29 is 69.1 Å². The highest BCUT2D eigenvalue weighted by atomic mass is 35.5. The number of ether oxygens (including phenoxy) is 6. The van der Waals surface area contributed by atoms with Crippen LogP contribution in [-0.2, 0) is 75.7 Å². The normalized spacial score (nSPS) is 21.2. The molecule has 0 radical (unpaired) electrons. The van der Waals surface area contributed by atoms with Gasteiger partial charge in [-0.1, -0.05) is 176 Å². The Bertz CT molecular complexity index is 6890. The van der Waals surface area contributed by atoms with Crippen LogP contribution in [-0.4, -0.2) is 131 Å². The molecule has 29 heteroatoms. The van der Waals surface area contributed by atoms with E-state index in [1.807, 2.05) is 180 Å². The number of rotatable bonds is 17. The predicted octanol–water partition coefficient (Wildman–Crippen LogP) is 17.1. The molecule has 0 saturated carbocycles. The van der Waals surface area contributed by atoms with Gasteiger partial charge in [0.05, 0.1) is 4.87 Å². The van der Waals surface area contributed by atoms with Gasteiger partial charge >= 0.3 is 0 Å². The Kier molecular flexibility index (Phi) is 24.3. The number of nitrogens with zero attached hydrogens (tertiary/aromatic N) is 8. The van der Waals surface area contributed by atoms with Gasteiger partial charge < -0.3 is 48.5 Å². The maximum atomic E-state index is 15.1. The molecule has 6 aliphatic carbocycles. The lowest BCUT2D eigenvalue weighted by Crippen LogP contribution is -2.63. The van der Waals surface area contributed by atoms with Crippen molar-refractivity contribution in [2.24, 2.45) is 17.8 Å². The van der Waals surface area contributed by atoms with Gasteiger partial charge in [0.25, 0.3) is 17.7 Å². The Morgan fingerprint density at radius 1 is 0.365 bits per heavy atom. The molecule has 1 N–H and O–H groups in total. The Morgan fingerprint density at radius 2 is 0.752 bits per heavy atom. The minimum Gasteiger partial charge on any atom is -0.482 e. The molecular weight excluding hydrogens is 1800 g/mol. The van der Waals surface area contributed by atoms with Crippen LogP contribution in [0.2, 0.25) is 0 Å². The first-order valence-corrected chi connectivity index (χ1v) is 47.0. The number of nitrogens with one attached hydrogen (secondary N) is 1. The van der Waals surface area contributed by atoms with Crippen molar-refractivity contribution >= 4 is 53.1 Å². The second kappa shape index (κ2) is 36.9. The number of aromatic nitrogens is 3. The fraction of sp³-hybridized carbons (Fsp3) is 0.296. The summed E-state index contributed by atoms with van der Waals surface area (Å²) in [5, 5.41) is 4.05. The van der Waals surface area contributed by atoms with Gasteiger partial charge in [-0.2, -0.15) is 0 Å². The van der Waals surface area contributed by atoms with Crippen LogP contribution < -0.4 is 45.9 Å². The second-order valence-corrected chi connectivity index (χ2v) is 38.1. The van der Waals surface area contributed by atoms with E-state index in [0.29, 0.717) is 118 Å². The standard InChI is InChI=1S/2C36H31F2N3O4.C20H23N3O4.C16H10Cl2F2/c2*37-30-18-26-17-27-16-25-8-4-5-9-28(25)36(27,29(26)19-31(30)38)41-22-39(20-23-11-14-44-15-12-23)35(43)33-34(32(42)10-13-40(33)41)45-21-24-6-2-1-3-7-24;24-17-6-9-23-18(19(17)27-13-16-4-2-1-3-5-16)20(25)22(14-21-23)12-15-7-10-26-11-8-15;17-15-7-9-3-1-2-4-11(9)16(15,18)12-6-14(20)13(19)5-10(12)8-15/h1-10,13,17-19,23H,11-12,14-16,20-22H2;1-10,13,16,18-19,23H,11-12,14-15,17,20-22H2;1-6,9,15,21H,7-8,10-14H2;1-6H,7-8H2. The molecule has 3 saturated heterocycles. The maximum Gasteiger partial charge on any atom is 0.277 e. The van der Waals surface area contributed by atoms with Gasteiger partial charge in [-0.05, 0) is 213 Å². The Balaban J connectivity index is 0.000000114. The summed E-state index contributed by atoms with van der Waals surface area (Å²) in [7, 11) is 0. The van der Waals surface area contributed by atoms with E-state index >= 15 is 8.78 Å². The van der Waals surface area contributed by atoms with Crippen LogP contribution in [0, 0.1) is 52.7 Å². The Labute approximate surface area is 795 Å². The molecule has 3 aromatic heterocycles. The number of alkyl halides is 2. The van der Waals surface area contributed by atoms with Gasteiger partial charge in [-0.25, -0.2) is 26.3 Å². The van der Waals surface area contributed by atoms with Crippen LogP contribution >= 0.6 is 23.2 Å². The number of hydrogen-bond acceptors (Lipinski definition) is 15. The van der Waals surface area contributed by atoms with Gasteiger partial charge in [0, 0.05) is 96.1 Å². The quantitative estimate of drug-likeness (QED) is 0.0666. The maximum absolute atomic E-state index is 15.1. The minimum absolute atomic E-state index is 0.0373. The average Bonchev–Trinajstić information content (AvgIpc) is 1.53. The van der Waals surface area contributed by atoms with Gasteiger partial charge in [-0.15, -0.1) is 23.2 Å². The van der Waals surface area contributed by atoms with Crippen LogP contribution in [0.4, 0.5) is 26.3 Å². The van der Waals surface area contributed by atoms with Gasteiger partial charge in [0.1, 0.15) is 55.8 Å². The van der Waals surface area contributed by atoms with Crippen LogP contribution in [0.3, 0.4) is 0 Å². The van der Waals surface area contributed by atoms with Gasteiger partial charge in [0.15, 0.2) is 69.2 Å². The number of pyridine rings is 3. The molecule has 137 heavy (non-hydrogen) atoms. The molecule has 21 nitrogen and oxygen atoms in total. The van der Waals surface area contributed by atoms with Crippen molar-refractivity contribution in [1.29, 1.82) is 0 Å². The number of halogens is 8. The van der Waals surface area contributed by atoms with Crippen LogP contribution in [0.5, 0.6) is 17.2 Å². The van der Waals surface area contributed by atoms with E-state index in [1.165, 1.54) is 54.6 Å². The fourth-order valence-corrected chi connectivity index (χ4v) is 23.1. The van der Waals surface area contributed by atoms with Crippen LogP contribution in [0.25, 0.3) is 12.2 Å². The summed E-state index contributed by atoms with van der Waals surface area (Å²) in [6, 6.07) is 63.9. The van der Waals surface area contributed by atoms with Crippen molar-refractivity contribution in [2.75, 3.05) is 94.7 Å². The van der Waals surface area contributed by atoms with Crippen molar-refractivity contribution in [1.82, 2.24) is 28.7 Å². The van der Waals surface area contributed by atoms with E-state index in [0.717, 1.165) is 113 Å². The van der Waals surface area contributed by atoms with Gasteiger partial charge in [-0.3, -0.25) is 52.8 Å². The number of fused-ring (bicyclic) bond motifs is 18. The molecule has 12 aliphatic rings. The third-order valence-corrected chi connectivity index (χ3v) is 30.1. The minimum atomic E-state index is -1.05. The molecule has 12 aromatic rings. The Morgan fingerprint density at radius 3 is 1.28 bits per heavy atom. The molecule has 24 rings (SSSR count). The van der Waals surface area contributed by atoms with Crippen molar-refractivity contribution in [3.05, 3.63) is 414 Å². The highest BCUT2D eigenvalue weighted by Crippen LogP contribution is 2.64. The smallest absolute Gasteiger partial charge is 0.277 e. The summed E-state index contributed by atoms with van der Waals surface area (Å²) in [5.41, 5.74) is 14.6. The van der Waals surface area contributed by atoms with Crippen LogP contribution in [0.1, 0.15) is 153 Å². The highest BCUT2D eigenvalue weighted by molar-refractivity contribution is 6.38. The van der Waals surface area contributed by atoms with Crippen LogP contribution in [0.15, 0.2) is 263 Å². The molecule has 3 fully saturated rings. The number of benzene rings is 9. The van der Waals surface area contributed by atoms with Crippen molar-refractivity contribution in [2.45, 2.75) is 105 Å². The summed E-state index contributed by atoms with van der Waals surface area (Å²) < 4.78 is 126.